The lowest BCUT2D eigenvalue weighted by Crippen LogP contribution is -2.39. The van der Waals surface area contributed by atoms with E-state index in [1.54, 1.807) is 26.0 Å². The highest BCUT2D eigenvalue weighted by molar-refractivity contribution is 8.02. The van der Waals surface area contributed by atoms with Gasteiger partial charge in [0.2, 0.25) is 0 Å². The first-order chi connectivity index (χ1) is 17.1. The molecule has 0 fully saturated rings. The maximum Gasteiger partial charge on any atom is 0.530 e. The van der Waals surface area contributed by atoms with Crippen molar-refractivity contribution >= 4 is 32.6 Å². The van der Waals surface area contributed by atoms with Gasteiger partial charge >= 0.3 is 15.3 Å². The zero-order valence-electron chi connectivity index (χ0n) is 21.0. The summed E-state index contributed by atoms with van der Waals surface area (Å²) in [5, 5.41) is 0.667. The lowest BCUT2D eigenvalue weighted by Gasteiger charge is -2.41. The number of hydrogen-bond acceptors (Lipinski definition) is 7. The minimum Gasteiger partial charge on any atom is -0.428 e. The molecule has 0 saturated carbocycles. The molecule has 3 aromatic carbocycles. The molecule has 0 aliphatic carbocycles. The van der Waals surface area contributed by atoms with Crippen molar-refractivity contribution < 1.29 is 27.2 Å². The second kappa shape index (κ2) is 10.7. The average molecular weight is 548 g/mol. The van der Waals surface area contributed by atoms with Gasteiger partial charge < -0.3 is 9.05 Å². The summed E-state index contributed by atoms with van der Waals surface area (Å²) in [6.07, 6.45) is 0. The van der Waals surface area contributed by atoms with Crippen LogP contribution in [0.2, 0.25) is 0 Å². The van der Waals surface area contributed by atoms with Crippen LogP contribution < -0.4 is 14.4 Å². The third-order valence-corrected chi connectivity index (χ3v) is 11.4. The van der Waals surface area contributed by atoms with E-state index in [4.69, 9.17) is 18.1 Å². The van der Waals surface area contributed by atoms with Crippen molar-refractivity contribution in [1.29, 1.82) is 0 Å². The summed E-state index contributed by atoms with van der Waals surface area (Å²) in [6, 6.07) is 22.4. The molecular weight excluding hydrogens is 516 g/mol. The molecule has 7 nitrogen and oxygen atoms in total. The monoisotopic (exact) mass is 547 g/mol. The Morgan fingerprint density at radius 3 is 2.08 bits per heavy atom. The third kappa shape index (κ3) is 5.60. The summed E-state index contributed by atoms with van der Waals surface area (Å²) in [5.41, 5.74) is 1.31. The van der Waals surface area contributed by atoms with Crippen LogP contribution in [0.3, 0.4) is 0 Å². The first-order valence-corrected chi connectivity index (χ1v) is 15.6. The molecule has 1 atom stereocenters. The Morgan fingerprint density at radius 1 is 0.889 bits per heavy atom. The smallest absolute Gasteiger partial charge is 0.428 e. The fourth-order valence-corrected chi connectivity index (χ4v) is 9.17. The van der Waals surface area contributed by atoms with Crippen LogP contribution in [-0.4, -0.2) is 22.8 Å². The lowest BCUT2D eigenvalue weighted by atomic mass is 10.0. The van der Waals surface area contributed by atoms with E-state index in [9.17, 15) is 9.13 Å². The summed E-state index contributed by atoms with van der Waals surface area (Å²) in [6.45, 7) is 9.86. The van der Waals surface area contributed by atoms with E-state index in [0.29, 0.717) is 16.8 Å². The largest absolute Gasteiger partial charge is 0.530 e. The number of phosphoric acid groups is 1. The molecule has 0 bridgehead atoms. The van der Waals surface area contributed by atoms with E-state index in [2.05, 4.69) is 0 Å². The number of benzene rings is 3. The Morgan fingerprint density at radius 2 is 1.47 bits per heavy atom. The minimum atomic E-state index is -3.69. The maximum atomic E-state index is 14.8. The molecule has 0 N–H and O–H groups in total. The van der Waals surface area contributed by atoms with Gasteiger partial charge in [0.1, 0.15) is 11.5 Å². The minimum absolute atomic E-state index is 0.200. The highest BCUT2D eigenvalue weighted by atomic mass is 32.2. The van der Waals surface area contributed by atoms with Gasteiger partial charge in [0.05, 0.1) is 18.5 Å². The second-order valence-electron chi connectivity index (χ2n) is 9.01. The summed E-state index contributed by atoms with van der Waals surface area (Å²) in [5.74, 6) is 0.951. The van der Waals surface area contributed by atoms with Gasteiger partial charge in [-0.3, -0.25) is 13.6 Å². The van der Waals surface area contributed by atoms with Crippen LogP contribution in [-0.2, 0) is 18.2 Å². The van der Waals surface area contributed by atoms with Crippen LogP contribution in [0.15, 0.2) is 77.7 Å². The van der Waals surface area contributed by atoms with E-state index in [0.717, 1.165) is 16.0 Å². The van der Waals surface area contributed by atoms with Gasteiger partial charge in [0, 0.05) is 21.6 Å². The van der Waals surface area contributed by atoms with Crippen LogP contribution in [0.1, 0.15) is 34.6 Å². The predicted octanol–water partition coefficient (Wildman–Crippen LogP) is 7.93. The fourth-order valence-electron chi connectivity index (χ4n) is 3.82. The van der Waals surface area contributed by atoms with Crippen molar-refractivity contribution in [3.8, 4) is 22.6 Å². The maximum absolute atomic E-state index is 14.8. The van der Waals surface area contributed by atoms with Crippen molar-refractivity contribution in [3.05, 3.63) is 72.8 Å². The second-order valence-corrected chi connectivity index (χ2v) is 14.0. The Balaban J connectivity index is 1.66. The van der Waals surface area contributed by atoms with E-state index in [-0.39, 0.29) is 13.2 Å². The SMILES string of the molecule is CCOP(=O)(OCC)Oc1ccc(SN(C(C)(C)C)P2(=O)Oc3ccccc3-c3ccccc32)cc1. The van der Waals surface area contributed by atoms with Crippen LogP contribution in [0, 0.1) is 0 Å². The van der Waals surface area contributed by atoms with Crippen molar-refractivity contribution in [3.63, 3.8) is 0 Å². The van der Waals surface area contributed by atoms with Gasteiger partial charge in [-0.05, 0) is 83.0 Å². The summed E-state index contributed by atoms with van der Waals surface area (Å²) in [4.78, 5) is 0.815. The van der Waals surface area contributed by atoms with E-state index in [1.165, 1.54) is 11.9 Å². The van der Waals surface area contributed by atoms with Gasteiger partial charge in [-0.25, -0.2) is 4.57 Å². The quantitative estimate of drug-likeness (QED) is 0.198. The molecule has 192 valence electrons. The standard InChI is InChI=1S/C26H31NO6P2S/c1-6-30-35(29,31-7-2)32-20-16-18-21(19-17-20)36-27(26(3,4)5)34(28)25-15-11-9-13-23(25)22-12-8-10-14-24(22)33-34/h8-19H,6-7H2,1-5H3. The molecule has 10 heteroatoms. The highest BCUT2D eigenvalue weighted by Crippen LogP contribution is 2.62. The fraction of sp³-hybridized carbons (Fsp3) is 0.308. The summed E-state index contributed by atoms with van der Waals surface area (Å²) < 4.78 is 51.6. The van der Waals surface area contributed by atoms with Crippen LogP contribution in [0.5, 0.6) is 11.5 Å². The van der Waals surface area contributed by atoms with E-state index < -0.39 is 20.9 Å². The molecule has 0 amide bonds. The van der Waals surface area contributed by atoms with E-state index >= 15 is 0 Å². The molecule has 1 heterocycles. The number of para-hydroxylation sites is 1. The van der Waals surface area contributed by atoms with Crippen molar-refractivity contribution in [2.24, 2.45) is 0 Å². The molecule has 0 saturated heterocycles. The molecule has 1 aliphatic rings. The molecule has 1 unspecified atom stereocenters. The molecule has 3 aromatic rings. The number of fused-ring (bicyclic) bond motifs is 3. The van der Waals surface area contributed by atoms with Gasteiger partial charge in [-0.15, -0.1) is 0 Å². The molecule has 0 aromatic heterocycles. The Hall–Kier alpha value is -2.05. The van der Waals surface area contributed by atoms with Gasteiger partial charge in [-0.1, -0.05) is 36.4 Å². The Kier molecular flexibility index (Phi) is 8.06. The zero-order chi connectivity index (χ0) is 26.0. The number of phosphoric ester groups is 1. The van der Waals surface area contributed by atoms with Gasteiger partial charge in [-0.2, -0.15) is 4.08 Å². The molecule has 0 radical (unpaired) electrons. The number of rotatable bonds is 9. The number of hydrogen-bond donors (Lipinski definition) is 0. The number of nitrogens with zero attached hydrogens (tertiary/aromatic N) is 1. The van der Waals surface area contributed by atoms with Crippen molar-refractivity contribution in [2.45, 2.75) is 45.1 Å². The topological polar surface area (TPSA) is 74.3 Å². The molecule has 4 rings (SSSR count). The van der Waals surface area contributed by atoms with E-state index in [1.807, 2.05) is 85.5 Å². The summed E-state index contributed by atoms with van der Waals surface area (Å²) in [7, 11) is -7.21. The van der Waals surface area contributed by atoms with Gasteiger partial charge in [0.15, 0.2) is 0 Å². The Labute approximate surface area is 217 Å². The predicted molar refractivity (Wildman–Crippen MR) is 145 cm³/mol. The lowest BCUT2D eigenvalue weighted by molar-refractivity contribution is 0.167. The van der Waals surface area contributed by atoms with Crippen LogP contribution in [0.25, 0.3) is 11.1 Å². The first-order valence-electron chi connectivity index (χ1n) is 11.8. The van der Waals surface area contributed by atoms with Crippen LogP contribution >= 0.6 is 27.3 Å². The summed E-state index contributed by atoms with van der Waals surface area (Å²) >= 11 is 1.34. The zero-order valence-corrected chi connectivity index (χ0v) is 23.6. The Bertz CT molecular complexity index is 1300. The third-order valence-electron chi connectivity index (χ3n) is 5.23. The molecule has 1 aliphatic heterocycles. The van der Waals surface area contributed by atoms with Crippen molar-refractivity contribution in [1.82, 2.24) is 4.08 Å². The highest BCUT2D eigenvalue weighted by Gasteiger charge is 2.47. The molecule has 36 heavy (non-hydrogen) atoms. The van der Waals surface area contributed by atoms with Crippen molar-refractivity contribution in [2.75, 3.05) is 13.2 Å². The molecule has 0 spiro atoms. The normalized spacial score (nSPS) is 17.3. The average Bonchev–Trinajstić information content (AvgIpc) is 2.83. The van der Waals surface area contributed by atoms with Crippen LogP contribution in [0.4, 0.5) is 0 Å². The van der Waals surface area contributed by atoms with Gasteiger partial charge in [0.25, 0.3) is 0 Å². The first kappa shape index (κ1) is 27.0. The molecular formula is C26H31NO6P2S.